The molecule has 2 N–H and O–H groups in total. The largest absolute Gasteiger partial charge is 0.416 e. The van der Waals surface area contributed by atoms with E-state index in [1.807, 2.05) is 4.90 Å². The lowest BCUT2D eigenvalue weighted by Crippen LogP contribution is -2.45. The van der Waals surface area contributed by atoms with Gasteiger partial charge in [0.2, 0.25) is 5.91 Å². The molecule has 0 aromatic heterocycles. The van der Waals surface area contributed by atoms with Crippen molar-refractivity contribution in [3.05, 3.63) is 34.9 Å². The third kappa shape index (κ3) is 6.47. The van der Waals surface area contributed by atoms with Crippen molar-refractivity contribution in [2.24, 2.45) is 5.92 Å². The molecule has 1 aliphatic heterocycles. The lowest BCUT2D eigenvalue weighted by molar-refractivity contribution is -0.137. The zero-order chi connectivity index (χ0) is 23.3. The lowest BCUT2D eigenvalue weighted by atomic mass is 9.86. The number of carbonyl (C=O) groups excluding carboxylic acids is 2. The van der Waals surface area contributed by atoms with Gasteiger partial charge in [0.15, 0.2) is 0 Å². The highest BCUT2D eigenvalue weighted by atomic mass is 19.4. The standard InChI is InChI=1S/C24H34F3N3O2/c1-3-21-5-4-10-30(21)22(31)15-28-20-8-6-17(7-9-20)14-29-23(32)18-11-16(2)12-19(13-18)24(25,26)27/h11-13,17,20-21,28H,3-10,14-15H2,1-2H3,(H,29,32). The van der Waals surface area contributed by atoms with E-state index in [-0.39, 0.29) is 11.5 Å². The number of nitrogens with one attached hydrogen (secondary N) is 2. The Labute approximate surface area is 188 Å². The van der Waals surface area contributed by atoms with Crippen molar-refractivity contribution in [3.63, 3.8) is 0 Å². The van der Waals surface area contributed by atoms with Gasteiger partial charge >= 0.3 is 6.18 Å². The molecule has 1 saturated carbocycles. The first-order valence-electron chi connectivity index (χ1n) is 11.7. The van der Waals surface area contributed by atoms with E-state index >= 15 is 0 Å². The fourth-order valence-corrected chi connectivity index (χ4v) is 4.91. The third-order valence-corrected chi connectivity index (χ3v) is 6.78. The van der Waals surface area contributed by atoms with Gasteiger partial charge in [0, 0.05) is 30.7 Å². The summed E-state index contributed by atoms with van der Waals surface area (Å²) in [6.45, 7) is 5.36. The van der Waals surface area contributed by atoms with Crippen molar-refractivity contribution in [1.82, 2.24) is 15.5 Å². The average molecular weight is 454 g/mol. The molecule has 1 unspecified atom stereocenters. The SMILES string of the molecule is CCC1CCCN1C(=O)CNC1CCC(CNC(=O)c2cc(C)cc(C(F)(F)F)c2)CC1. The summed E-state index contributed by atoms with van der Waals surface area (Å²) in [6, 6.07) is 4.10. The quantitative estimate of drug-likeness (QED) is 0.647. The Kier molecular flexibility index (Phi) is 8.20. The van der Waals surface area contributed by atoms with Gasteiger partial charge in [-0.1, -0.05) is 6.92 Å². The first kappa shape index (κ1) is 24.6. The number of benzene rings is 1. The molecule has 0 radical (unpaired) electrons. The van der Waals surface area contributed by atoms with Gasteiger partial charge in [-0.2, -0.15) is 13.2 Å². The van der Waals surface area contributed by atoms with E-state index in [0.29, 0.717) is 36.7 Å². The smallest absolute Gasteiger partial charge is 0.352 e. The van der Waals surface area contributed by atoms with Crippen LogP contribution in [0.25, 0.3) is 0 Å². The molecule has 0 spiro atoms. The fourth-order valence-electron chi connectivity index (χ4n) is 4.91. The van der Waals surface area contributed by atoms with Gasteiger partial charge in [-0.25, -0.2) is 0 Å². The van der Waals surface area contributed by atoms with E-state index in [1.165, 1.54) is 6.07 Å². The first-order chi connectivity index (χ1) is 15.2. The van der Waals surface area contributed by atoms with Crippen LogP contribution in [-0.2, 0) is 11.0 Å². The van der Waals surface area contributed by atoms with E-state index < -0.39 is 17.6 Å². The molecule has 2 amide bonds. The number of alkyl halides is 3. The van der Waals surface area contributed by atoms with E-state index in [1.54, 1.807) is 6.92 Å². The lowest BCUT2D eigenvalue weighted by Gasteiger charge is -2.30. The van der Waals surface area contributed by atoms with E-state index in [2.05, 4.69) is 17.6 Å². The molecule has 1 aliphatic carbocycles. The fraction of sp³-hybridized carbons (Fsp3) is 0.667. The third-order valence-electron chi connectivity index (χ3n) is 6.78. The molecule has 5 nitrogen and oxygen atoms in total. The number of carbonyl (C=O) groups is 2. The number of amides is 2. The van der Waals surface area contributed by atoms with Gasteiger partial charge < -0.3 is 15.5 Å². The summed E-state index contributed by atoms with van der Waals surface area (Å²) in [7, 11) is 0. The maximum absolute atomic E-state index is 13.0. The van der Waals surface area contributed by atoms with Gasteiger partial charge in [0.25, 0.3) is 5.91 Å². The second-order valence-corrected chi connectivity index (χ2v) is 9.19. The Balaban J connectivity index is 1.40. The monoisotopic (exact) mass is 453 g/mol. The number of hydrogen-bond acceptors (Lipinski definition) is 3. The molecule has 2 fully saturated rings. The number of nitrogens with zero attached hydrogens (tertiary/aromatic N) is 1. The van der Waals surface area contributed by atoms with Crippen molar-refractivity contribution in [3.8, 4) is 0 Å². The van der Waals surface area contributed by atoms with E-state index in [0.717, 1.165) is 63.6 Å². The number of rotatable bonds is 7. The Hall–Kier alpha value is -2.09. The Bertz CT molecular complexity index is 804. The Morgan fingerprint density at radius 2 is 1.81 bits per heavy atom. The number of aryl methyl sites for hydroxylation is 1. The van der Waals surface area contributed by atoms with Gasteiger partial charge in [-0.15, -0.1) is 0 Å². The summed E-state index contributed by atoms with van der Waals surface area (Å²) in [5, 5.41) is 6.20. The highest BCUT2D eigenvalue weighted by Crippen LogP contribution is 2.31. The zero-order valence-electron chi connectivity index (χ0n) is 18.9. The minimum atomic E-state index is -4.47. The second-order valence-electron chi connectivity index (χ2n) is 9.19. The molecule has 1 atom stereocenters. The van der Waals surface area contributed by atoms with Gasteiger partial charge in [0.1, 0.15) is 0 Å². The maximum Gasteiger partial charge on any atom is 0.416 e. The summed E-state index contributed by atoms with van der Waals surface area (Å²) < 4.78 is 39.0. The van der Waals surface area contributed by atoms with Crippen molar-refractivity contribution < 1.29 is 22.8 Å². The van der Waals surface area contributed by atoms with E-state index in [9.17, 15) is 22.8 Å². The zero-order valence-corrected chi connectivity index (χ0v) is 18.9. The molecule has 1 heterocycles. The molecular weight excluding hydrogens is 419 g/mol. The Morgan fingerprint density at radius 3 is 2.47 bits per heavy atom. The molecule has 1 saturated heterocycles. The highest BCUT2D eigenvalue weighted by Gasteiger charge is 2.32. The number of likely N-dealkylation sites (tertiary alicyclic amines) is 1. The summed E-state index contributed by atoms with van der Waals surface area (Å²) in [5.74, 6) is 0.00362. The van der Waals surface area contributed by atoms with Crippen molar-refractivity contribution in [2.45, 2.75) is 77.1 Å². The molecular formula is C24H34F3N3O2. The predicted octanol–water partition coefficient (Wildman–Crippen LogP) is 4.29. The topological polar surface area (TPSA) is 61.4 Å². The van der Waals surface area contributed by atoms with Gasteiger partial charge in [-0.05, 0) is 81.5 Å². The van der Waals surface area contributed by atoms with Crippen LogP contribution in [0.2, 0.25) is 0 Å². The number of hydrogen-bond donors (Lipinski definition) is 2. The normalized spacial score (nSPS) is 23.9. The first-order valence-corrected chi connectivity index (χ1v) is 11.7. The summed E-state index contributed by atoms with van der Waals surface area (Å²) in [4.78, 5) is 26.9. The van der Waals surface area contributed by atoms with Crippen LogP contribution in [0.4, 0.5) is 13.2 Å². The molecule has 1 aromatic rings. The second kappa shape index (κ2) is 10.7. The molecule has 2 aliphatic rings. The van der Waals surface area contributed by atoms with Crippen LogP contribution in [0.3, 0.4) is 0 Å². The van der Waals surface area contributed by atoms with Crippen molar-refractivity contribution >= 4 is 11.8 Å². The predicted molar refractivity (Wildman–Crippen MR) is 117 cm³/mol. The van der Waals surface area contributed by atoms with Crippen molar-refractivity contribution in [2.75, 3.05) is 19.6 Å². The van der Waals surface area contributed by atoms with E-state index in [4.69, 9.17) is 0 Å². The maximum atomic E-state index is 13.0. The molecule has 0 bridgehead atoms. The molecule has 8 heteroatoms. The van der Waals surface area contributed by atoms with Crippen LogP contribution in [0.15, 0.2) is 18.2 Å². The molecule has 178 valence electrons. The van der Waals surface area contributed by atoms with Crippen LogP contribution < -0.4 is 10.6 Å². The van der Waals surface area contributed by atoms with Crippen LogP contribution in [0.5, 0.6) is 0 Å². The average Bonchev–Trinajstić information content (AvgIpc) is 3.24. The molecule has 1 aromatic carbocycles. The highest BCUT2D eigenvalue weighted by molar-refractivity contribution is 5.94. The molecule has 32 heavy (non-hydrogen) atoms. The minimum absolute atomic E-state index is 0.0403. The number of halogens is 3. The van der Waals surface area contributed by atoms with Crippen LogP contribution in [0, 0.1) is 12.8 Å². The van der Waals surface area contributed by atoms with Crippen LogP contribution in [-0.4, -0.2) is 48.4 Å². The summed E-state index contributed by atoms with van der Waals surface area (Å²) >= 11 is 0. The van der Waals surface area contributed by atoms with Crippen LogP contribution in [0.1, 0.15) is 73.4 Å². The Morgan fingerprint density at radius 1 is 1.09 bits per heavy atom. The van der Waals surface area contributed by atoms with Crippen LogP contribution >= 0.6 is 0 Å². The van der Waals surface area contributed by atoms with Crippen molar-refractivity contribution in [1.29, 1.82) is 0 Å². The van der Waals surface area contributed by atoms with Gasteiger partial charge in [-0.3, -0.25) is 9.59 Å². The minimum Gasteiger partial charge on any atom is -0.352 e. The summed E-state index contributed by atoms with van der Waals surface area (Å²) in [5.41, 5.74) is -0.355. The van der Waals surface area contributed by atoms with Gasteiger partial charge in [0.05, 0.1) is 12.1 Å². The molecule has 3 rings (SSSR count). The summed E-state index contributed by atoms with van der Waals surface area (Å²) in [6.07, 6.45) is 2.38.